The molecule has 1 rings (SSSR count). The Morgan fingerprint density at radius 2 is 1.30 bits per heavy atom. The second-order valence-electron chi connectivity index (χ2n) is 5.75. The summed E-state index contributed by atoms with van der Waals surface area (Å²) >= 11 is 0. The molecule has 0 saturated carbocycles. The molecular formula is C20H36. The number of hydrogen-bond acceptors (Lipinski definition) is 0. The summed E-state index contributed by atoms with van der Waals surface area (Å²) in [6, 6.07) is 10.8. The first-order valence-electron chi connectivity index (χ1n) is 8.78. The third-order valence-corrected chi connectivity index (χ3v) is 4.38. The predicted molar refractivity (Wildman–Crippen MR) is 93.4 cm³/mol. The molecule has 116 valence electrons. The van der Waals surface area contributed by atoms with Crippen LogP contribution in [0.3, 0.4) is 0 Å². The fourth-order valence-corrected chi connectivity index (χ4v) is 2.68. The van der Waals surface area contributed by atoms with Gasteiger partial charge in [-0.1, -0.05) is 97.1 Å². The van der Waals surface area contributed by atoms with Crippen molar-refractivity contribution in [3.05, 3.63) is 35.9 Å². The molecule has 0 heteroatoms. The van der Waals surface area contributed by atoms with Gasteiger partial charge in [-0.2, -0.15) is 0 Å². The van der Waals surface area contributed by atoms with E-state index in [1.54, 1.807) is 0 Å². The highest BCUT2D eigenvalue weighted by atomic mass is 14.1. The van der Waals surface area contributed by atoms with Crippen LogP contribution in [0.5, 0.6) is 0 Å². The Hall–Kier alpha value is -0.780. The summed E-state index contributed by atoms with van der Waals surface area (Å²) < 4.78 is 0. The van der Waals surface area contributed by atoms with Crippen molar-refractivity contribution in [2.45, 2.75) is 85.5 Å². The van der Waals surface area contributed by atoms with Crippen LogP contribution < -0.4 is 0 Å². The van der Waals surface area contributed by atoms with E-state index in [1.807, 2.05) is 0 Å². The zero-order valence-electron chi connectivity index (χ0n) is 14.5. The molecule has 0 radical (unpaired) electrons. The van der Waals surface area contributed by atoms with Crippen molar-refractivity contribution in [2.24, 2.45) is 5.92 Å². The van der Waals surface area contributed by atoms with Crippen LogP contribution >= 0.6 is 0 Å². The Labute approximate surface area is 128 Å². The van der Waals surface area contributed by atoms with Gasteiger partial charge in [0.15, 0.2) is 0 Å². The highest BCUT2D eigenvalue weighted by molar-refractivity contribution is 5.18. The van der Waals surface area contributed by atoms with Crippen LogP contribution in [0.25, 0.3) is 0 Å². The van der Waals surface area contributed by atoms with E-state index in [2.05, 4.69) is 65.0 Å². The molecule has 1 aromatic carbocycles. The lowest BCUT2D eigenvalue weighted by molar-refractivity contribution is 0.438. The normalized spacial score (nSPS) is 10.6. The lowest BCUT2D eigenvalue weighted by Gasteiger charge is -2.11. The van der Waals surface area contributed by atoms with Gasteiger partial charge in [-0.15, -0.1) is 0 Å². The van der Waals surface area contributed by atoms with E-state index in [4.69, 9.17) is 0 Å². The van der Waals surface area contributed by atoms with Gasteiger partial charge in [0, 0.05) is 0 Å². The zero-order chi connectivity index (χ0) is 15.2. The first-order valence-corrected chi connectivity index (χ1v) is 8.78. The van der Waals surface area contributed by atoms with E-state index >= 15 is 0 Å². The average Bonchev–Trinajstić information content (AvgIpc) is 2.51. The lowest BCUT2D eigenvalue weighted by atomic mass is 9.94. The highest BCUT2D eigenvalue weighted by Gasteiger charge is 2.04. The number of benzene rings is 1. The van der Waals surface area contributed by atoms with Gasteiger partial charge in [0.25, 0.3) is 0 Å². The standard InChI is InChI=1S/C11H16.C9H20/c1-3-10(4-2)11-8-6-5-7-9-11;1-4-7-8-9(5-2)6-3/h5-10H,3-4H2,1-2H3;9H,4-8H2,1-3H3. The predicted octanol–water partition coefficient (Wildman–Crippen LogP) is 7.20. The maximum atomic E-state index is 2.30. The fraction of sp³-hybridized carbons (Fsp3) is 0.700. The van der Waals surface area contributed by atoms with Gasteiger partial charge in [0.1, 0.15) is 0 Å². The van der Waals surface area contributed by atoms with E-state index in [1.165, 1.54) is 50.5 Å². The van der Waals surface area contributed by atoms with Gasteiger partial charge in [-0.05, 0) is 30.2 Å². The Morgan fingerprint density at radius 1 is 0.750 bits per heavy atom. The number of rotatable bonds is 8. The van der Waals surface area contributed by atoms with Crippen molar-refractivity contribution in [3.63, 3.8) is 0 Å². The van der Waals surface area contributed by atoms with Crippen LogP contribution in [-0.4, -0.2) is 0 Å². The van der Waals surface area contributed by atoms with E-state index in [-0.39, 0.29) is 0 Å². The van der Waals surface area contributed by atoms with Crippen LogP contribution in [0.1, 0.15) is 91.0 Å². The first kappa shape index (κ1) is 19.2. The molecule has 20 heavy (non-hydrogen) atoms. The van der Waals surface area contributed by atoms with Gasteiger partial charge in [0.2, 0.25) is 0 Å². The third kappa shape index (κ3) is 8.40. The summed E-state index contributed by atoms with van der Waals surface area (Å²) in [5.74, 6) is 1.76. The second kappa shape index (κ2) is 13.2. The summed E-state index contributed by atoms with van der Waals surface area (Å²) in [6.45, 7) is 11.4. The second-order valence-corrected chi connectivity index (χ2v) is 5.75. The SMILES string of the molecule is CCC(CC)c1ccccc1.CCCCC(CC)CC. The molecular weight excluding hydrogens is 240 g/mol. The summed E-state index contributed by atoms with van der Waals surface area (Å²) in [4.78, 5) is 0. The Bertz CT molecular complexity index is 280. The minimum absolute atomic E-state index is 0.760. The average molecular weight is 277 g/mol. The molecule has 0 spiro atoms. The number of hydrogen-bond donors (Lipinski definition) is 0. The number of unbranched alkanes of at least 4 members (excludes halogenated alkanes) is 1. The van der Waals surface area contributed by atoms with Crippen molar-refractivity contribution < 1.29 is 0 Å². The van der Waals surface area contributed by atoms with Gasteiger partial charge in [-0.3, -0.25) is 0 Å². The van der Waals surface area contributed by atoms with Gasteiger partial charge < -0.3 is 0 Å². The molecule has 0 fully saturated rings. The molecule has 0 N–H and O–H groups in total. The largest absolute Gasteiger partial charge is 0.0654 e. The van der Waals surface area contributed by atoms with E-state index in [0.717, 1.165) is 11.8 Å². The van der Waals surface area contributed by atoms with Gasteiger partial charge >= 0.3 is 0 Å². The van der Waals surface area contributed by atoms with Gasteiger partial charge in [-0.25, -0.2) is 0 Å². The van der Waals surface area contributed by atoms with Crippen molar-refractivity contribution in [1.29, 1.82) is 0 Å². The molecule has 0 amide bonds. The lowest BCUT2D eigenvalue weighted by Crippen LogP contribution is -1.95. The van der Waals surface area contributed by atoms with Crippen LogP contribution in [-0.2, 0) is 0 Å². The first-order chi connectivity index (χ1) is 9.73. The van der Waals surface area contributed by atoms with Crippen molar-refractivity contribution in [1.82, 2.24) is 0 Å². The van der Waals surface area contributed by atoms with Crippen LogP contribution in [0.2, 0.25) is 0 Å². The van der Waals surface area contributed by atoms with Crippen molar-refractivity contribution in [2.75, 3.05) is 0 Å². The molecule has 0 nitrogen and oxygen atoms in total. The summed E-state index contributed by atoms with van der Waals surface area (Å²) in [7, 11) is 0. The molecule has 1 aromatic rings. The van der Waals surface area contributed by atoms with Crippen LogP contribution in [0.4, 0.5) is 0 Å². The molecule has 0 unspecified atom stereocenters. The fourth-order valence-electron chi connectivity index (χ4n) is 2.68. The Kier molecular flexibility index (Phi) is 12.7. The molecule has 0 aliphatic heterocycles. The van der Waals surface area contributed by atoms with E-state index in [0.29, 0.717) is 0 Å². The van der Waals surface area contributed by atoms with Gasteiger partial charge in [0.05, 0.1) is 0 Å². The van der Waals surface area contributed by atoms with E-state index < -0.39 is 0 Å². The highest BCUT2D eigenvalue weighted by Crippen LogP contribution is 2.21. The third-order valence-electron chi connectivity index (χ3n) is 4.38. The molecule has 0 aliphatic carbocycles. The quantitative estimate of drug-likeness (QED) is 0.471. The van der Waals surface area contributed by atoms with Crippen molar-refractivity contribution in [3.8, 4) is 0 Å². The Morgan fingerprint density at radius 3 is 1.70 bits per heavy atom. The Balaban J connectivity index is 0.000000370. The molecule has 0 atom stereocenters. The maximum Gasteiger partial charge on any atom is -0.0167 e. The molecule has 0 aliphatic rings. The summed E-state index contributed by atoms with van der Waals surface area (Å²) in [5.41, 5.74) is 1.48. The summed E-state index contributed by atoms with van der Waals surface area (Å²) in [6.07, 6.45) is 9.47. The van der Waals surface area contributed by atoms with E-state index in [9.17, 15) is 0 Å². The maximum absolute atomic E-state index is 2.30. The van der Waals surface area contributed by atoms with Crippen molar-refractivity contribution >= 4 is 0 Å². The molecule has 0 aromatic heterocycles. The minimum atomic E-state index is 0.760. The molecule has 0 saturated heterocycles. The minimum Gasteiger partial charge on any atom is -0.0654 e. The molecule has 0 heterocycles. The topological polar surface area (TPSA) is 0 Å². The summed E-state index contributed by atoms with van der Waals surface area (Å²) in [5, 5.41) is 0. The molecule has 0 bridgehead atoms. The zero-order valence-corrected chi connectivity index (χ0v) is 14.5. The smallest absolute Gasteiger partial charge is 0.0167 e. The van der Waals surface area contributed by atoms with Crippen LogP contribution in [0.15, 0.2) is 30.3 Å². The monoisotopic (exact) mass is 276 g/mol. The van der Waals surface area contributed by atoms with Crippen LogP contribution in [0, 0.1) is 5.92 Å².